The molecule has 1 aliphatic carbocycles. The molecule has 18 heavy (non-hydrogen) atoms. The van der Waals surface area contributed by atoms with E-state index in [2.05, 4.69) is 11.9 Å². The molecule has 5 heteroatoms. The smallest absolute Gasteiger partial charge is 0.248 e. The van der Waals surface area contributed by atoms with Crippen LogP contribution in [-0.4, -0.2) is 48.0 Å². The summed E-state index contributed by atoms with van der Waals surface area (Å²) in [6.45, 7) is 1.06. The number of alkyl halides is 2. The van der Waals surface area contributed by atoms with Gasteiger partial charge in [-0.3, -0.25) is 0 Å². The monoisotopic (exact) mass is 278 g/mol. The number of nitrogens with zero attached hydrogens (tertiary/aromatic N) is 1. The van der Waals surface area contributed by atoms with Gasteiger partial charge in [0.15, 0.2) is 0 Å². The molecule has 2 nitrogen and oxygen atoms in total. The molecule has 1 saturated heterocycles. The van der Waals surface area contributed by atoms with Gasteiger partial charge in [-0.25, -0.2) is 8.78 Å². The summed E-state index contributed by atoms with van der Waals surface area (Å²) < 4.78 is 26.7. The van der Waals surface area contributed by atoms with Crippen molar-refractivity contribution in [2.45, 2.75) is 50.1 Å². The van der Waals surface area contributed by atoms with Crippen molar-refractivity contribution in [2.24, 2.45) is 11.7 Å². The highest BCUT2D eigenvalue weighted by molar-refractivity contribution is 7.99. The lowest BCUT2D eigenvalue weighted by molar-refractivity contribution is -0.0551. The van der Waals surface area contributed by atoms with Crippen LogP contribution in [0.4, 0.5) is 8.78 Å². The summed E-state index contributed by atoms with van der Waals surface area (Å²) in [6.07, 6.45) is 2.44. The molecule has 0 amide bonds. The van der Waals surface area contributed by atoms with Crippen molar-refractivity contribution in [2.75, 3.05) is 25.1 Å². The van der Waals surface area contributed by atoms with Crippen LogP contribution < -0.4 is 5.73 Å². The number of thioether (sulfide) groups is 1. The lowest BCUT2D eigenvalue weighted by Gasteiger charge is -2.38. The molecule has 3 atom stereocenters. The summed E-state index contributed by atoms with van der Waals surface area (Å²) in [4.78, 5) is 2.29. The van der Waals surface area contributed by atoms with Gasteiger partial charge in [0.2, 0.25) is 5.92 Å². The molecule has 1 saturated carbocycles. The van der Waals surface area contributed by atoms with Gasteiger partial charge in [0, 0.05) is 43.0 Å². The highest BCUT2D eigenvalue weighted by Crippen LogP contribution is 2.38. The van der Waals surface area contributed by atoms with Crippen LogP contribution in [0.15, 0.2) is 0 Å². The first-order valence-corrected chi connectivity index (χ1v) is 8.05. The second kappa shape index (κ2) is 6.06. The zero-order chi connectivity index (χ0) is 13.2. The van der Waals surface area contributed by atoms with Crippen LogP contribution in [-0.2, 0) is 0 Å². The molecule has 2 rings (SSSR count). The maximum atomic E-state index is 13.4. The van der Waals surface area contributed by atoms with Crippen molar-refractivity contribution >= 4 is 11.8 Å². The molecular weight excluding hydrogens is 254 g/mol. The first-order chi connectivity index (χ1) is 8.48. The summed E-state index contributed by atoms with van der Waals surface area (Å²) >= 11 is 1.93. The van der Waals surface area contributed by atoms with E-state index in [1.54, 1.807) is 0 Å². The van der Waals surface area contributed by atoms with Gasteiger partial charge in [-0.2, -0.15) is 11.8 Å². The largest absolute Gasteiger partial charge is 0.326 e. The summed E-state index contributed by atoms with van der Waals surface area (Å²) in [5.74, 6) is -0.137. The first-order valence-electron chi connectivity index (χ1n) is 6.89. The van der Waals surface area contributed by atoms with E-state index in [-0.39, 0.29) is 24.8 Å². The maximum Gasteiger partial charge on any atom is 0.248 e. The van der Waals surface area contributed by atoms with E-state index < -0.39 is 5.92 Å². The third-order valence-electron chi connectivity index (χ3n) is 4.29. The minimum atomic E-state index is -2.45. The molecule has 0 radical (unpaired) electrons. The SMILES string of the molecule is CN1CCSCC1C(N)CC1CCCC(F)(F)C1. The zero-order valence-corrected chi connectivity index (χ0v) is 11.9. The maximum absolute atomic E-state index is 13.4. The van der Waals surface area contributed by atoms with Gasteiger partial charge in [0.05, 0.1) is 0 Å². The van der Waals surface area contributed by atoms with Crippen molar-refractivity contribution in [1.29, 1.82) is 0 Å². The predicted molar refractivity (Wildman–Crippen MR) is 73.2 cm³/mol. The molecule has 2 aliphatic rings. The van der Waals surface area contributed by atoms with E-state index in [0.29, 0.717) is 12.5 Å². The number of nitrogens with two attached hydrogens (primary N) is 1. The van der Waals surface area contributed by atoms with Crippen LogP contribution in [0.25, 0.3) is 0 Å². The van der Waals surface area contributed by atoms with Crippen LogP contribution in [0.5, 0.6) is 0 Å². The summed E-state index contributed by atoms with van der Waals surface area (Å²) in [7, 11) is 2.10. The Hall–Kier alpha value is 0.130. The molecule has 2 fully saturated rings. The van der Waals surface area contributed by atoms with Crippen LogP contribution >= 0.6 is 11.8 Å². The van der Waals surface area contributed by atoms with E-state index >= 15 is 0 Å². The molecule has 0 aromatic heterocycles. The summed E-state index contributed by atoms with van der Waals surface area (Å²) in [6, 6.07) is 0.404. The van der Waals surface area contributed by atoms with Crippen molar-refractivity contribution in [3.05, 3.63) is 0 Å². The van der Waals surface area contributed by atoms with Crippen LogP contribution in [0.2, 0.25) is 0 Å². The van der Waals surface area contributed by atoms with Gasteiger partial charge in [-0.1, -0.05) is 0 Å². The average Bonchev–Trinajstić information content (AvgIpc) is 2.28. The third-order valence-corrected chi connectivity index (χ3v) is 5.33. The quantitative estimate of drug-likeness (QED) is 0.860. The Labute approximate surface area is 113 Å². The summed E-state index contributed by atoms with van der Waals surface area (Å²) in [5, 5.41) is 0. The topological polar surface area (TPSA) is 29.3 Å². The lowest BCUT2D eigenvalue weighted by Crippen LogP contribution is -2.51. The fourth-order valence-electron chi connectivity index (χ4n) is 3.18. The van der Waals surface area contributed by atoms with E-state index in [4.69, 9.17) is 5.73 Å². The standard InChI is InChI=1S/C13H24F2N2S/c1-17-5-6-18-9-12(17)11(16)7-10-3-2-4-13(14,15)8-10/h10-12H,2-9,16H2,1H3. The number of hydrogen-bond acceptors (Lipinski definition) is 3. The molecular formula is C13H24F2N2S. The summed E-state index contributed by atoms with van der Waals surface area (Å²) in [5.41, 5.74) is 6.26. The van der Waals surface area contributed by atoms with Crippen molar-refractivity contribution in [1.82, 2.24) is 4.90 Å². The minimum Gasteiger partial charge on any atom is -0.326 e. The Morgan fingerprint density at radius 2 is 2.28 bits per heavy atom. The van der Waals surface area contributed by atoms with Crippen molar-refractivity contribution in [3.63, 3.8) is 0 Å². The van der Waals surface area contributed by atoms with Crippen LogP contribution in [0.1, 0.15) is 32.1 Å². The molecule has 3 unspecified atom stereocenters. The van der Waals surface area contributed by atoms with E-state index in [1.807, 2.05) is 11.8 Å². The molecule has 2 N–H and O–H groups in total. The zero-order valence-electron chi connectivity index (χ0n) is 11.1. The molecule has 0 bridgehead atoms. The molecule has 106 valence electrons. The predicted octanol–water partition coefficient (Wildman–Crippen LogP) is 2.58. The highest BCUT2D eigenvalue weighted by atomic mass is 32.2. The Balaban J connectivity index is 1.84. The van der Waals surface area contributed by atoms with Crippen molar-refractivity contribution < 1.29 is 8.78 Å². The molecule has 0 spiro atoms. The number of halogens is 2. The Morgan fingerprint density at radius 3 is 2.94 bits per heavy atom. The second-order valence-corrected chi connectivity index (χ2v) is 6.99. The number of hydrogen-bond donors (Lipinski definition) is 1. The minimum absolute atomic E-state index is 0.0432. The molecule has 0 aromatic rings. The Kier molecular flexibility index (Phi) is 4.89. The van der Waals surface area contributed by atoms with Crippen molar-refractivity contribution in [3.8, 4) is 0 Å². The first kappa shape index (κ1) is 14.5. The fraction of sp³-hybridized carbons (Fsp3) is 1.00. The average molecular weight is 278 g/mol. The highest BCUT2D eigenvalue weighted by Gasteiger charge is 2.37. The van der Waals surface area contributed by atoms with Crippen LogP contribution in [0, 0.1) is 5.92 Å². The van der Waals surface area contributed by atoms with E-state index in [1.165, 1.54) is 0 Å². The van der Waals surface area contributed by atoms with Gasteiger partial charge in [0.25, 0.3) is 0 Å². The Bertz CT molecular complexity index is 276. The van der Waals surface area contributed by atoms with E-state index in [0.717, 1.165) is 30.9 Å². The number of likely N-dealkylation sites (N-methyl/N-ethyl adjacent to an activating group) is 1. The van der Waals surface area contributed by atoms with Gasteiger partial charge < -0.3 is 10.6 Å². The van der Waals surface area contributed by atoms with E-state index in [9.17, 15) is 8.78 Å². The lowest BCUT2D eigenvalue weighted by atomic mass is 9.81. The number of rotatable bonds is 3. The second-order valence-electron chi connectivity index (χ2n) is 5.84. The third kappa shape index (κ3) is 3.81. The van der Waals surface area contributed by atoms with Gasteiger partial charge in [-0.15, -0.1) is 0 Å². The normalized spacial score (nSPS) is 35.3. The molecule has 0 aromatic carbocycles. The Morgan fingerprint density at radius 1 is 1.50 bits per heavy atom. The van der Waals surface area contributed by atoms with Crippen LogP contribution in [0.3, 0.4) is 0 Å². The molecule has 1 aliphatic heterocycles. The van der Waals surface area contributed by atoms with Gasteiger partial charge in [-0.05, 0) is 32.2 Å². The molecule has 1 heterocycles. The van der Waals surface area contributed by atoms with Gasteiger partial charge in [0.1, 0.15) is 0 Å². The van der Waals surface area contributed by atoms with Gasteiger partial charge >= 0.3 is 0 Å². The fourth-order valence-corrected chi connectivity index (χ4v) is 4.50.